The van der Waals surface area contributed by atoms with Crippen LogP contribution in [0.2, 0.25) is 0 Å². The van der Waals surface area contributed by atoms with Gasteiger partial charge in [0.05, 0.1) is 18.6 Å². The van der Waals surface area contributed by atoms with Gasteiger partial charge in [0, 0.05) is 26.2 Å². The first-order valence-corrected chi connectivity index (χ1v) is 6.34. The molecule has 0 bridgehead atoms. The molecule has 0 spiro atoms. The Hall–Kier alpha value is -1.69. The Labute approximate surface area is 107 Å². The number of rotatable bonds is 7. The predicted octanol–water partition coefficient (Wildman–Crippen LogP) is 0.602. The fraction of sp³-hybridized carbons (Fsp3) is 0.583. The van der Waals surface area contributed by atoms with Crippen molar-refractivity contribution >= 4 is 0 Å². The minimum absolute atomic E-state index is 0.714. The summed E-state index contributed by atoms with van der Waals surface area (Å²) in [6.45, 7) is 4.93. The van der Waals surface area contributed by atoms with Crippen molar-refractivity contribution < 1.29 is 0 Å². The van der Waals surface area contributed by atoms with Gasteiger partial charge in [-0.15, -0.1) is 0 Å². The highest BCUT2D eigenvalue weighted by atomic mass is 15.3. The Morgan fingerprint density at radius 2 is 2.17 bits per heavy atom. The third-order valence-electron chi connectivity index (χ3n) is 2.80. The van der Waals surface area contributed by atoms with Crippen LogP contribution in [-0.4, -0.2) is 37.4 Å². The van der Waals surface area contributed by atoms with Crippen LogP contribution in [0.5, 0.6) is 0 Å². The summed E-state index contributed by atoms with van der Waals surface area (Å²) < 4.78 is 3.82. The van der Waals surface area contributed by atoms with Gasteiger partial charge < -0.3 is 9.88 Å². The normalized spacial score (nSPS) is 11.0. The van der Waals surface area contributed by atoms with Crippen molar-refractivity contribution in [3.8, 4) is 0 Å². The Morgan fingerprint density at radius 3 is 2.89 bits per heavy atom. The summed E-state index contributed by atoms with van der Waals surface area (Å²) >= 11 is 0. The highest BCUT2D eigenvalue weighted by Crippen LogP contribution is 2.01. The molecule has 0 atom stereocenters. The molecule has 0 radical (unpaired) electrons. The monoisotopic (exact) mass is 248 g/mol. The molecule has 2 rings (SSSR count). The number of nitrogens with zero attached hydrogens (tertiary/aromatic N) is 5. The third kappa shape index (κ3) is 3.40. The maximum absolute atomic E-state index is 4.39. The number of aryl methyl sites for hydroxylation is 1. The van der Waals surface area contributed by atoms with E-state index in [1.54, 1.807) is 11.0 Å². The summed E-state index contributed by atoms with van der Waals surface area (Å²) in [5.74, 6) is 0.933. The van der Waals surface area contributed by atoms with Crippen molar-refractivity contribution in [1.29, 1.82) is 0 Å². The van der Waals surface area contributed by atoms with Crippen LogP contribution >= 0.6 is 0 Å². The molecule has 98 valence electrons. The highest BCUT2D eigenvalue weighted by Gasteiger charge is 2.03. The lowest BCUT2D eigenvalue weighted by molar-refractivity contribution is 0.651. The molecule has 18 heavy (non-hydrogen) atoms. The van der Waals surface area contributed by atoms with Crippen LogP contribution in [0.15, 0.2) is 18.9 Å². The number of nitrogens with one attached hydrogen (secondary N) is 1. The third-order valence-corrected chi connectivity index (χ3v) is 2.80. The Balaban J connectivity index is 1.84. The highest BCUT2D eigenvalue weighted by molar-refractivity contribution is 4.99. The van der Waals surface area contributed by atoms with Crippen LogP contribution in [0, 0.1) is 0 Å². The van der Waals surface area contributed by atoms with Crippen molar-refractivity contribution in [2.45, 2.75) is 26.3 Å². The van der Waals surface area contributed by atoms with Crippen LogP contribution in [0.1, 0.15) is 24.9 Å². The van der Waals surface area contributed by atoms with Crippen molar-refractivity contribution in [2.75, 3.05) is 13.1 Å². The number of imidazole rings is 1. The summed E-state index contributed by atoms with van der Waals surface area (Å²) in [6.07, 6.45) is 7.63. The van der Waals surface area contributed by atoms with Crippen LogP contribution < -0.4 is 5.32 Å². The van der Waals surface area contributed by atoms with E-state index in [0.717, 1.165) is 31.0 Å². The molecular formula is C12H20N6. The summed E-state index contributed by atoms with van der Waals surface area (Å²) in [5.41, 5.74) is 1.11. The van der Waals surface area contributed by atoms with Gasteiger partial charge in [-0.25, -0.2) is 9.97 Å². The second kappa shape index (κ2) is 6.30. The molecule has 0 fully saturated rings. The number of aromatic nitrogens is 5. The summed E-state index contributed by atoms with van der Waals surface area (Å²) in [5, 5.41) is 7.42. The molecule has 6 heteroatoms. The molecule has 0 aliphatic rings. The van der Waals surface area contributed by atoms with Gasteiger partial charge >= 0.3 is 0 Å². The number of hydrogen-bond donors (Lipinski definition) is 1. The zero-order valence-corrected chi connectivity index (χ0v) is 11.0. The molecule has 0 aliphatic heterocycles. The smallest absolute Gasteiger partial charge is 0.146 e. The van der Waals surface area contributed by atoms with Gasteiger partial charge in [0.1, 0.15) is 12.2 Å². The van der Waals surface area contributed by atoms with Crippen molar-refractivity contribution in [1.82, 2.24) is 29.6 Å². The molecule has 0 unspecified atom stereocenters. The SMILES string of the molecule is CCCNCCc1cn(Cc2ncnn2C)cn1. The summed E-state index contributed by atoms with van der Waals surface area (Å²) in [6, 6.07) is 0. The van der Waals surface area contributed by atoms with E-state index >= 15 is 0 Å². The standard InChI is InChI=1S/C12H20N6/c1-3-5-13-6-4-11-7-18(10-15-11)8-12-14-9-16-17(12)2/h7,9-10,13H,3-6,8H2,1-2H3. The molecule has 0 amide bonds. The van der Waals surface area contributed by atoms with Crippen molar-refractivity contribution in [3.05, 3.63) is 30.4 Å². The molecule has 6 nitrogen and oxygen atoms in total. The zero-order valence-electron chi connectivity index (χ0n) is 11.0. The fourth-order valence-corrected chi connectivity index (χ4v) is 1.77. The topological polar surface area (TPSA) is 60.6 Å². The van der Waals surface area contributed by atoms with E-state index in [2.05, 4.69) is 33.5 Å². The molecule has 0 saturated carbocycles. The van der Waals surface area contributed by atoms with Crippen LogP contribution in [-0.2, 0) is 20.0 Å². The minimum Gasteiger partial charge on any atom is -0.330 e. The van der Waals surface area contributed by atoms with E-state index in [1.165, 1.54) is 6.42 Å². The average Bonchev–Trinajstić information content (AvgIpc) is 2.96. The van der Waals surface area contributed by atoms with Gasteiger partial charge in [-0.1, -0.05) is 6.92 Å². The lowest BCUT2D eigenvalue weighted by Gasteiger charge is -2.01. The number of hydrogen-bond acceptors (Lipinski definition) is 4. The lowest BCUT2D eigenvalue weighted by atomic mass is 10.3. The van der Waals surface area contributed by atoms with E-state index in [0.29, 0.717) is 6.54 Å². The largest absolute Gasteiger partial charge is 0.330 e. The van der Waals surface area contributed by atoms with E-state index in [-0.39, 0.29) is 0 Å². The van der Waals surface area contributed by atoms with Crippen LogP contribution in [0.4, 0.5) is 0 Å². The quantitative estimate of drug-likeness (QED) is 0.729. The molecular weight excluding hydrogens is 228 g/mol. The first-order valence-electron chi connectivity index (χ1n) is 6.34. The molecule has 0 aromatic carbocycles. The molecule has 0 saturated heterocycles. The van der Waals surface area contributed by atoms with Gasteiger partial charge in [0.2, 0.25) is 0 Å². The molecule has 1 N–H and O–H groups in total. The molecule has 0 aliphatic carbocycles. The van der Waals surface area contributed by atoms with E-state index < -0.39 is 0 Å². The minimum atomic E-state index is 0.714. The second-order valence-corrected chi connectivity index (χ2v) is 4.34. The summed E-state index contributed by atoms with van der Waals surface area (Å²) in [7, 11) is 1.90. The van der Waals surface area contributed by atoms with E-state index in [1.807, 2.05) is 17.9 Å². The Kier molecular flexibility index (Phi) is 4.46. The predicted molar refractivity (Wildman–Crippen MR) is 69.2 cm³/mol. The Morgan fingerprint density at radius 1 is 1.28 bits per heavy atom. The van der Waals surface area contributed by atoms with Gasteiger partial charge in [-0.2, -0.15) is 5.10 Å². The van der Waals surface area contributed by atoms with Crippen molar-refractivity contribution in [2.24, 2.45) is 7.05 Å². The van der Waals surface area contributed by atoms with Gasteiger partial charge in [-0.3, -0.25) is 4.68 Å². The van der Waals surface area contributed by atoms with Gasteiger partial charge in [0.25, 0.3) is 0 Å². The van der Waals surface area contributed by atoms with E-state index in [9.17, 15) is 0 Å². The average molecular weight is 248 g/mol. The van der Waals surface area contributed by atoms with Crippen LogP contribution in [0.25, 0.3) is 0 Å². The first kappa shape index (κ1) is 12.8. The Bertz CT molecular complexity index is 472. The maximum Gasteiger partial charge on any atom is 0.146 e. The summed E-state index contributed by atoms with van der Waals surface area (Å²) in [4.78, 5) is 8.59. The molecule has 2 aromatic heterocycles. The fourth-order valence-electron chi connectivity index (χ4n) is 1.77. The maximum atomic E-state index is 4.39. The van der Waals surface area contributed by atoms with Crippen LogP contribution in [0.3, 0.4) is 0 Å². The first-order chi connectivity index (χ1) is 8.79. The van der Waals surface area contributed by atoms with E-state index in [4.69, 9.17) is 0 Å². The molecule has 2 heterocycles. The van der Waals surface area contributed by atoms with Crippen molar-refractivity contribution in [3.63, 3.8) is 0 Å². The van der Waals surface area contributed by atoms with Gasteiger partial charge in [0.15, 0.2) is 0 Å². The molecule has 2 aromatic rings. The second-order valence-electron chi connectivity index (χ2n) is 4.34. The van der Waals surface area contributed by atoms with Gasteiger partial charge in [-0.05, 0) is 13.0 Å². The zero-order chi connectivity index (χ0) is 12.8. The lowest BCUT2D eigenvalue weighted by Crippen LogP contribution is -2.17.